The van der Waals surface area contributed by atoms with Gasteiger partial charge < -0.3 is 5.32 Å². The SMILES string of the molecule is C#CCCNC(=O)NC(=O)CCl. The summed E-state index contributed by atoms with van der Waals surface area (Å²) >= 11 is 5.13. The van der Waals surface area contributed by atoms with Gasteiger partial charge in [-0.15, -0.1) is 23.9 Å². The summed E-state index contributed by atoms with van der Waals surface area (Å²) in [6, 6.07) is -0.573. The Morgan fingerprint density at radius 3 is 2.67 bits per heavy atom. The maximum Gasteiger partial charge on any atom is 0.321 e. The van der Waals surface area contributed by atoms with Crippen molar-refractivity contribution in [1.82, 2.24) is 10.6 Å². The van der Waals surface area contributed by atoms with Crippen LogP contribution in [0.25, 0.3) is 0 Å². The number of halogens is 1. The van der Waals surface area contributed by atoms with E-state index in [4.69, 9.17) is 18.0 Å². The lowest BCUT2D eigenvalue weighted by Crippen LogP contribution is -2.40. The average molecular weight is 189 g/mol. The van der Waals surface area contributed by atoms with Crippen LogP contribution in [0.1, 0.15) is 6.42 Å². The van der Waals surface area contributed by atoms with Crippen molar-refractivity contribution in [3.05, 3.63) is 0 Å². The Morgan fingerprint density at radius 1 is 1.50 bits per heavy atom. The molecule has 0 aromatic rings. The molecule has 2 N–H and O–H groups in total. The van der Waals surface area contributed by atoms with Gasteiger partial charge in [-0.25, -0.2) is 4.79 Å². The third kappa shape index (κ3) is 5.57. The lowest BCUT2D eigenvalue weighted by Gasteiger charge is -2.02. The Hall–Kier alpha value is -1.21. The molecule has 5 heteroatoms. The number of carbonyl (C=O) groups is 2. The third-order valence-corrected chi connectivity index (χ3v) is 1.17. The molecule has 0 bridgehead atoms. The van der Waals surface area contributed by atoms with Crippen LogP contribution in [0.2, 0.25) is 0 Å². The molecule has 0 aliphatic carbocycles. The minimum atomic E-state index is -0.573. The normalized spacial score (nSPS) is 8.33. The van der Waals surface area contributed by atoms with E-state index in [-0.39, 0.29) is 5.88 Å². The number of amides is 3. The number of nitrogens with one attached hydrogen (secondary N) is 2. The van der Waals surface area contributed by atoms with E-state index >= 15 is 0 Å². The first-order valence-corrected chi connectivity index (χ1v) is 3.81. The van der Waals surface area contributed by atoms with Gasteiger partial charge in [0.1, 0.15) is 5.88 Å². The van der Waals surface area contributed by atoms with Crippen molar-refractivity contribution in [2.75, 3.05) is 12.4 Å². The van der Waals surface area contributed by atoms with Gasteiger partial charge in [0.15, 0.2) is 0 Å². The lowest BCUT2D eigenvalue weighted by molar-refractivity contribution is -0.117. The zero-order valence-electron chi connectivity index (χ0n) is 6.39. The molecule has 12 heavy (non-hydrogen) atoms. The van der Waals surface area contributed by atoms with Crippen molar-refractivity contribution >= 4 is 23.5 Å². The van der Waals surface area contributed by atoms with Gasteiger partial charge in [-0.3, -0.25) is 10.1 Å². The van der Waals surface area contributed by atoms with Crippen LogP contribution >= 0.6 is 11.6 Å². The molecule has 66 valence electrons. The minimum absolute atomic E-state index is 0.234. The van der Waals surface area contributed by atoms with Crippen LogP contribution in [0.4, 0.5) is 4.79 Å². The van der Waals surface area contributed by atoms with Crippen LogP contribution in [-0.4, -0.2) is 24.4 Å². The topological polar surface area (TPSA) is 58.2 Å². The minimum Gasteiger partial charge on any atom is -0.337 e. The molecular weight excluding hydrogens is 180 g/mol. The Kier molecular flexibility index (Phi) is 5.84. The first-order chi connectivity index (χ1) is 5.70. The molecule has 0 rings (SSSR count). The maximum absolute atomic E-state index is 10.7. The Balaban J connectivity index is 3.48. The van der Waals surface area contributed by atoms with Crippen LogP contribution < -0.4 is 10.6 Å². The summed E-state index contributed by atoms with van der Waals surface area (Å²) in [7, 11) is 0. The monoisotopic (exact) mass is 188 g/mol. The second kappa shape index (κ2) is 6.50. The van der Waals surface area contributed by atoms with E-state index < -0.39 is 11.9 Å². The number of carbonyl (C=O) groups excluding carboxylic acids is 2. The molecule has 0 heterocycles. The fourth-order valence-electron chi connectivity index (χ4n) is 0.452. The summed E-state index contributed by atoms with van der Waals surface area (Å²) in [5, 5.41) is 4.38. The van der Waals surface area contributed by atoms with Crippen molar-refractivity contribution < 1.29 is 9.59 Å². The van der Waals surface area contributed by atoms with E-state index in [9.17, 15) is 9.59 Å². The molecule has 0 saturated carbocycles. The first kappa shape index (κ1) is 10.8. The lowest BCUT2D eigenvalue weighted by atomic mass is 10.4. The van der Waals surface area contributed by atoms with Gasteiger partial charge >= 0.3 is 6.03 Å². The van der Waals surface area contributed by atoms with Crippen LogP contribution in [-0.2, 0) is 4.79 Å². The van der Waals surface area contributed by atoms with Gasteiger partial charge in [0.2, 0.25) is 5.91 Å². The van der Waals surface area contributed by atoms with Crippen LogP contribution in [0, 0.1) is 12.3 Å². The molecule has 0 unspecified atom stereocenters. The summed E-state index contributed by atoms with van der Waals surface area (Å²) in [5.41, 5.74) is 0. The molecule has 0 radical (unpaired) electrons. The van der Waals surface area contributed by atoms with E-state index in [0.29, 0.717) is 13.0 Å². The summed E-state index contributed by atoms with van der Waals surface area (Å²) < 4.78 is 0. The highest BCUT2D eigenvalue weighted by atomic mass is 35.5. The van der Waals surface area contributed by atoms with E-state index in [1.54, 1.807) is 0 Å². The highest BCUT2D eigenvalue weighted by Crippen LogP contribution is 1.75. The maximum atomic E-state index is 10.7. The van der Waals surface area contributed by atoms with Crippen LogP contribution in [0.3, 0.4) is 0 Å². The number of hydrogen-bond donors (Lipinski definition) is 2. The Morgan fingerprint density at radius 2 is 2.17 bits per heavy atom. The number of urea groups is 1. The Bertz CT molecular complexity index is 210. The average Bonchev–Trinajstić information content (AvgIpc) is 2.05. The first-order valence-electron chi connectivity index (χ1n) is 3.27. The quantitative estimate of drug-likeness (QED) is 0.374. The zero-order chi connectivity index (χ0) is 9.40. The van der Waals surface area contributed by atoms with Crippen molar-refractivity contribution in [2.45, 2.75) is 6.42 Å². The Labute approximate surface area is 75.7 Å². The summed E-state index contributed by atoms with van der Waals surface area (Å²) in [6.07, 6.45) is 5.37. The molecular formula is C7H9ClN2O2. The third-order valence-electron chi connectivity index (χ3n) is 0.929. The predicted molar refractivity (Wildman–Crippen MR) is 45.7 cm³/mol. The van der Waals surface area contributed by atoms with Crippen LogP contribution in [0.5, 0.6) is 0 Å². The molecule has 0 fully saturated rings. The fourth-order valence-corrected chi connectivity index (χ4v) is 0.519. The van der Waals surface area contributed by atoms with Crippen molar-refractivity contribution in [3.8, 4) is 12.3 Å². The van der Waals surface area contributed by atoms with E-state index in [2.05, 4.69) is 11.2 Å². The van der Waals surface area contributed by atoms with Crippen molar-refractivity contribution in [2.24, 2.45) is 0 Å². The number of hydrogen-bond acceptors (Lipinski definition) is 2. The fraction of sp³-hybridized carbons (Fsp3) is 0.429. The highest BCUT2D eigenvalue weighted by Gasteiger charge is 2.03. The van der Waals surface area contributed by atoms with Gasteiger partial charge in [-0.2, -0.15) is 0 Å². The van der Waals surface area contributed by atoms with E-state index in [0.717, 1.165) is 0 Å². The molecule has 0 aromatic carbocycles. The van der Waals surface area contributed by atoms with Crippen molar-refractivity contribution in [3.63, 3.8) is 0 Å². The van der Waals surface area contributed by atoms with Gasteiger partial charge in [-0.1, -0.05) is 0 Å². The van der Waals surface area contributed by atoms with Gasteiger partial charge in [0.25, 0.3) is 0 Å². The summed E-state index contributed by atoms with van der Waals surface area (Å²) in [4.78, 5) is 21.2. The highest BCUT2D eigenvalue weighted by molar-refractivity contribution is 6.28. The molecule has 0 atom stereocenters. The van der Waals surface area contributed by atoms with Crippen LogP contribution in [0.15, 0.2) is 0 Å². The molecule has 0 aromatic heterocycles. The van der Waals surface area contributed by atoms with Gasteiger partial charge in [0.05, 0.1) is 0 Å². The number of terminal acetylenes is 1. The number of imide groups is 1. The van der Waals surface area contributed by atoms with Gasteiger partial charge in [0, 0.05) is 13.0 Å². The molecule has 0 aliphatic rings. The second-order valence-corrected chi connectivity index (χ2v) is 2.16. The molecule has 0 saturated heterocycles. The largest absolute Gasteiger partial charge is 0.337 e. The van der Waals surface area contributed by atoms with E-state index in [1.807, 2.05) is 5.32 Å². The second-order valence-electron chi connectivity index (χ2n) is 1.89. The number of alkyl halides is 1. The molecule has 4 nitrogen and oxygen atoms in total. The molecule has 0 aliphatic heterocycles. The molecule has 3 amide bonds. The standard InChI is InChI=1S/C7H9ClN2O2/c1-2-3-4-9-7(12)10-6(11)5-8/h1H,3-5H2,(H2,9,10,11,12). The molecule has 0 spiro atoms. The zero-order valence-corrected chi connectivity index (χ0v) is 7.15. The van der Waals surface area contributed by atoms with Crippen molar-refractivity contribution in [1.29, 1.82) is 0 Å². The smallest absolute Gasteiger partial charge is 0.321 e. The number of rotatable bonds is 3. The van der Waals surface area contributed by atoms with E-state index in [1.165, 1.54) is 0 Å². The predicted octanol–water partition coefficient (Wildman–Crippen LogP) is 0.0743. The van der Waals surface area contributed by atoms with Gasteiger partial charge in [-0.05, 0) is 0 Å². The summed E-state index contributed by atoms with van der Waals surface area (Å²) in [6.45, 7) is 0.345. The summed E-state index contributed by atoms with van der Waals surface area (Å²) in [5.74, 6) is 1.57.